The van der Waals surface area contributed by atoms with Crippen molar-refractivity contribution in [3.63, 3.8) is 0 Å². The second kappa shape index (κ2) is 7.50. The highest BCUT2D eigenvalue weighted by atomic mass is 35.5. The summed E-state index contributed by atoms with van der Waals surface area (Å²) >= 11 is 20.5. The molecule has 1 amide bonds. The normalized spacial score (nSPS) is 16.3. The lowest BCUT2D eigenvalue weighted by molar-refractivity contribution is -0.113. The molecule has 0 N–H and O–H groups in total. The zero-order chi connectivity index (χ0) is 17.3. The number of hydrogen-bond donors (Lipinski definition) is 0. The second-order valence-electron chi connectivity index (χ2n) is 4.86. The average molecular weight is 412 g/mol. The lowest BCUT2D eigenvalue weighted by Crippen LogP contribution is -2.27. The number of halogens is 2. The number of carbonyl (C=O) groups is 1. The van der Waals surface area contributed by atoms with E-state index in [0.29, 0.717) is 24.8 Å². The van der Waals surface area contributed by atoms with Crippen LogP contribution in [0, 0.1) is 0 Å². The lowest BCUT2D eigenvalue weighted by atomic mass is 10.2. The molecule has 2 aromatic carbocycles. The summed E-state index contributed by atoms with van der Waals surface area (Å²) in [5.74, 6) is -0.153. The topological polar surface area (TPSA) is 20.3 Å². The van der Waals surface area contributed by atoms with Crippen LogP contribution >= 0.6 is 58.9 Å². The van der Waals surface area contributed by atoms with Gasteiger partial charge in [0.15, 0.2) is 4.32 Å². The first-order valence-electron chi connectivity index (χ1n) is 6.87. The quantitative estimate of drug-likeness (QED) is 0.344. The van der Waals surface area contributed by atoms with Crippen molar-refractivity contribution in [3.05, 3.63) is 63.0 Å². The lowest BCUT2D eigenvalue weighted by Gasteiger charge is -2.15. The largest absolute Gasteiger partial charge is 0.270 e. The highest BCUT2D eigenvalue weighted by Crippen LogP contribution is 2.38. The Labute approximate surface area is 164 Å². The van der Waals surface area contributed by atoms with E-state index in [9.17, 15) is 4.79 Å². The van der Waals surface area contributed by atoms with Crippen LogP contribution in [0.4, 0.5) is 5.69 Å². The van der Waals surface area contributed by atoms with Crippen LogP contribution in [0.5, 0.6) is 0 Å². The third-order valence-electron chi connectivity index (χ3n) is 3.37. The maximum absolute atomic E-state index is 12.8. The van der Waals surface area contributed by atoms with Crippen molar-refractivity contribution in [2.24, 2.45) is 0 Å². The molecule has 0 atom stereocenters. The molecule has 1 saturated heterocycles. The third kappa shape index (κ3) is 3.51. The van der Waals surface area contributed by atoms with E-state index in [1.165, 1.54) is 11.8 Å². The van der Waals surface area contributed by atoms with Gasteiger partial charge < -0.3 is 0 Å². The fourth-order valence-electron chi connectivity index (χ4n) is 2.21. The van der Waals surface area contributed by atoms with Crippen LogP contribution in [0.25, 0.3) is 6.08 Å². The summed E-state index contributed by atoms with van der Waals surface area (Å²) in [5.41, 5.74) is 1.47. The predicted octanol–water partition coefficient (Wildman–Crippen LogP) is 6.12. The third-order valence-corrected chi connectivity index (χ3v) is 6.23. The summed E-state index contributed by atoms with van der Waals surface area (Å²) in [7, 11) is 0. The highest BCUT2D eigenvalue weighted by Gasteiger charge is 2.33. The van der Waals surface area contributed by atoms with Crippen LogP contribution in [-0.2, 0) is 4.79 Å². The second-order valence-corrected chi connectivity index (χ2v) is 8.20. The minimum atomic E-state index is -0.153. The van der Waals surface area contributed by atoms with Crippen LogP contribution in [0.2, 0.25) is 10.0 Å². The minimum Gasteiger partial charge on any atom is -0.268 e. The van der Waals surface area contributed by atoms with Gasteiger partial charge in [-0.2, -0.15) is 0 Å². The Morgan fingerprint density at radius 2 is 1.96 bits per heavy atom. The SMILES string of the molecule is CSc1cccc(N2C(=O)/C(=C\c3cccc(Cl)c3Cl)SC2=S)c1. The van der Waals surface area contributed by atoms with Gasteiger partial charge >= 0.3 is 0 Å². The van der Waals surface area contributed by atoms with Crippen molar-refractivity contribution in [1.82, 2.24) is 0 Å². The van der Waals surface area contributed by atoms with Crippen LogP contribution < -0.4 is 4.90 Å². The molecule has 0 unspecified atom stereocenters. The molecule has 1 aliphatic heterocycles. The first-order chi connectivity index (χ1) is 11.5. The standard InChI is InChI=1S/C17H11Cl2NOS3/c1-23-12-6-3-5-11(9-12)20-16(21)14(24-17(20)22)8-10-4-2-7-13(18)15(10)19/h2-9H,1H3/b14-8+. The molecular weight excluding hydrogens is 401 g/mol. The van der Waals surface area contributed by atoms with Crippen molar-refractivity contribution >= 4 is 80.9 Å². The van der Waals surface area contributed by atoms with E-state index in [-0.39, 0.29) is 5.91 Å². The fraction of sp³-hybridized carbons (Fsp3) is 0.0588. The number of hydrogen-bond acceptors (Lipinski definition) is 4. The summed E-state index contributed by atoms with van der Waals surface area (Å²) in [6, 6.07) is 13.0. The molecule has 0 aromatic heterocycles. The fourth-order valence-corrected chi connectivity index (χ4v) is 4.32. The van der Waals surface area contributed by atoms with Gasteiger partial charge in [-0.15, -0.1) is 11.8 Å². The van der Waals surface area contributed by atoms with Crippen molar-refractivity contribution in [2.75, 3.05) is 11.2 Å². The van der Waals surface area contributed by atoms with E-state index in [2.05, 4.69) is 0 Å². The number of nitrogens with zero attached hydrogens (tertiary/aromatic N) is 1. The molecule has 0 spiro atoms. The molecule has 24 heavy (non-hydrogen) atoms. The van der Waals surface area contributed by atoms with Gasteiger partial charge in [0.25, 0.3) is 5.91 Å². The van der Waals surface area contributed by atoms with Crippen molar-refractivity contribution in [3.8, 4) is 0 Å². The summed E-state index contributed by atoms with van der Waals surface area (Å²) < 4.78 is 0.502. The zero-order valence-electron chi connectivity index (χ0n) is 12.5. The van der Waals surface area contributed by atoms with Gasteiger partial charge in [0.05, 0.1) is 20.6 Å². The molecule has 2 nitrogen and oxygen atoms in total. The van der Waals surface area contributed by atoms with E-state index < -0.39 is 0 Å². The number of benzene rings is 2. The minimum absolute atomic E-state index is 0.153. The molecule has 1 heterocycles. The van der Waals surface area contributed by atoms with Gasteiger partial charge in [-0.05, 0) is 42.2 Å². The van der Waals surface area contributed by atoms with Gasteiger partial charge in [0.2, 0.25) is 0 Å². The van der Waals surface area contributed by atoms with E-state index in [0.717, 1.165) is 10.6 Å². The van der Waals surface area contributed by atoms with Crippen LogP contribution in [0.3, 0.4) is 0 Å². The average Bonchev–Trinajstić information content (AvgIpc) is 2.85. The van der Waals surface area contributed by atoms with E-state index in [1.54, 1.807) is 34.9 Å². The molecule has 0 bridgehead atoms. The Kier molecular flexibility index (Phi) is 5.57. The molecule has 0 radical (unpaired) electrons. The van der Waals surface area contributed by atoms with Crippen LogP contribution in [-0.4, -0.2) is 16.5 Å². The number of thioether (sulfide) groups is 2. The Balaban J connectivity index is 1.97. The number of thiocarbonyl (C=S) groups is 1. The summed E-state index contributed by atoms with van der Waals surface area (Å²) in [5, 5.41) is 0.877. The molecule has 3 rings (SSSR count). The summed E-state index contributed by atoms with van der Waals surface area (Å²) in [6.45, 7) is 0. The molecular formula is C17H11Cl2NOS3. The number of anilines is 1. The highest BCUT2D eigenvalue weighted by molar-refractivity contribution is 8.27. The first kappa shape index (κ1) is 17.8. The smallest absolute Gasteiger partial charge is 0.268 e. The van der Waals surface area contributed by atoms with Gasteiger partial charge in [-0.1, -0.05) is 65.4 Å². The molecule has 0 aliphatic carbocycles. The van der Waals surface area contributed by atoms with Crippen molar-refractivity contribution < 1.29 is 4.79 Å². The van der Waals surface area contributed by atoms with Gasteiger partial charge in [-0.25, -0.2) is 0 Å². The number of rotatable bonds is 3. The number of carbonyl (C=O) groups excluding carboxylic acids is 1. The van der Waals surface area contributed by atoms with Gasteiger partial charge in [0, 0.05) is 4.90 Å². The Hall–Kier alpha value is -0.980. The van der Waals surface area contributed by atoms with Crippen molar-refractivity contribution in [2.45, 2.75) is 4.90 Å². The van der Waals surface area contributed by atoms with E-state index in [1.807, 2.05) is 36.6 Å². The molecule has 1 fully saturated rings. The maximum atomic E-state index is 12.8. The number of amides is 1. The Morgan fingerprint density at radius 3 is 2.71 bits per heavy atom. The predicted molar refractivity (Wildman–Crippen MR) is 110 cm³/mol. The monoisotopic (exact) mass is 411 g/mol. The molecule has 122 valence electrons. The molecule has 7 heteroatoms. The first-order valence-corrected chi connectivity index (χ1v) is 10.1. The van der Waals surface area contributed by atoms with Crippen LogP contribution in [0.1, 0.15) is 5.56 Å². The van der Waals surface area contributed by atoms with Crippen molar-refractivity contribution in [1.29, 1.82) is 0 Å². The zero-order valence-corrected chi connectivity index (χ0v) is 16.4. The Bertz CT molecular complexity index is 867. The Morgan fingerprint density at radius 1 is 1.21 bits per heavy atom. The van der Waals surface area contributed by atoms with Gasteiger partial charge in [-0.3, -0.25) is 9.69 Å². The van der Waals surface area contributed by atoms with E-state index in [4.69, 9.17) is 35.4 Å². The molecule has 2 aromatic rings. The summed E-state index contributed by atoms with van der Waals surface area (Å²) in [4.78, 5) is 15.9. The summed E-state index contributed by atoms with van der Waals surface area (Å²) in [6.07, 6.45) is 3.72. The van der Waals surface area contributed by atoms with Gasteiger partial charge in [0.1, 0.15) is 0 Å². The van der Waals surface area contributed by atoms with Crippen LogP contribution in [0.15, 0.2) is 52.3 Å². The maximum Gasteiger partial charge on any atom is 0.270 e. The van der Waals surface area contributed by atoms with E-state index >= 15 is 0 Å². The molecule has 0 saturated carbocycles. The molecule has 1 aliphatic rings.